The van der Waals surface area contributed by atoms with Gasteiger partial charge in [0.25, 0.3) is 10.0 Å². The number of aromatic nitrogens is 2. The van der Waals surface area contributed by atoms with E-state index in [-0.39, 0.29) is 10.8 Å². The van der Waals surface area contributed by atoms with Crippen molar-refractivity contribution in [3.8, 4) is 17.3 Å². The van der Waals surface area contributed by atoms with E-state index in [4.69, 9.17) is 9.78 Å². The minimum Gasteiger partial charge on any atom is -0.337 e. The van der Waals surface area contributed by atoms with Gasteiger partial charge in [0.05, 0.1) is 16.5 Å². The Labute approximate surface area is 132 Å². The number of hydrogen-bond acceptors (Lipinski definition) is 6. The predicted octanol–water partition coefficient (Wildman–Crippen LogP) is 2.41. The summed E-state index contributed by atoms with van der Waals surface area (Å²) in [6.07, 6.45) is 3.20. The molecule has 1 N–H and O–H groups in total. The van der Waals surface area contributed by atoms with Crippen LogP contribution in [0.5, 0.6) is 0 Å². The van der Waals surface area contributed by atoms with E-state index in [0.717, 1.165) is 5.56 Å². The van der Waals surface area contributed by atoms with E-state index in [0.29, 0.717) is 11.3 Å². The van der Waals surface area contributed by atoms with Gasteiger partial charge in [-0.2, -0.15) is 5.26 Å². The van der Waals surface area contributed by atoms with Gasteiger partial charge < -0.3 is 4.52 Å². The van der Waals surface area contributed by atoms with E-state index in [1.54, 1.807) is 24.5 Å². The molecule has 3 rings (SSSR count). The molecule has 0 atom stereocenters. The highest BCUT2D eigenvalue weighted by Crippen LogP contribution is 2.23. The quantitative estimate of drug-likeness (QED) is 0.788. The van der Waals surface area contributed by atoms with Crippen LogP contribution in [0.1, 0.15) is 5.56 Å². The number of sulfonamides is 1. The highest BCUT2D eigenvalue weighted by atomic mass is 32.2. The number of rotatable bonds is 4. The van der Waals surface area contributed by atoms with Crippen molar-refractivity contribution in [1.29, 1.82) is 5.26 Å². The third-order valence-electron chi connectivity index (χ3n) is 3.01. The number of hydrogen-bond donors (Lipinski definition) is 1. The van der Waals surface area contributed by atoms with Crippen LogP contribution in [0.25, 0.3) is 11.3 Å². The van der Waals surface area contributed by atoms with Crippen LogP contribution in [-0.2, 0) is 10.0 Å². The largest absolute Gasteiger partial charge is 0.337 e. The van der Waals surface area contributed by atoms with Gasteiger partial charge in [-0.15, -0.1) is 0 Å². The smallest absolute Gasteiger partial charge is 0.264 e. The molecule has 8 heteroatoms. The van der Waals surface area contributed by atoms with Crippen molar-refractivity contribution in [2.24, 2.45) is 0 Å². The molecule has 2 heterocycles. The maximum atomic E-state index is 12.3. The Morgan fingerprint density at radius 3 is 2.43 bits per heavy atom. The normalized spacial score (nSPS) is 10.9. The fourth-order valence-electron chi connectivity index (χ4n) is 1.88. The van der Waals surface area contributed by atoms with Crippen molar-refractivity contribution in [3.05, 3.63) is 60.4 Å². The maximum Gasteiger partial charge on any atom is 0.264 e. The Bertz CT molecular complexity index is 958. The minimum atomic E-state index is -3.81. The summed E-state index contributed by atoms with van der Waals surface area (Å²) >= 11 is 0. The zero-order valence-corrected chi connectivity index (χ0v) is 12.5. The van der Waals surface area contributed by atoms with Crippen LogP contribution in [0.15, 0.2) is 64.3 Å². The third kappa shape index (κ3) is 3.20. The van der Waals surface area contributed by atoms with Crippen molar-refractivity contribution in [3.63, 3.8) is 0 Å². The lowest BCUT2D eigenvalue weighted by Gasteiger charge is -2.04. The molecular formula is C15H10N4O3S. The number of nitriles is 1. The molecule has 0 unspecified atom stereocenters. The van der Waals surface area contributed by atoms with Gasteiger partial charge >= 0.3 is 0 Å². The number of pyridine rings is 1. The molecule has 0 aliphatic heterocycles. The molecule has 0 radical (unpaired) electrons. The molecule has 0 aliphatic rings. The Balaban J connectivity index is 1.84. The van der Waals surface area contributed by atoms with Crippen molar-refractivity contribution >= 4 is 15.9 Å². The Morgan fingerprint density at radius 2 is 1.78 bits per heavy atom. The fourth-order valence-corrected chi connectivity index (χ4v) is 2.86. The van der Waals surface area contributed by atoms with Gasteiger partial charge in [0, 0.05) is 24.0 Å². The maximum absolute atomic E-state index is 12.3. The van der Waals surface area contributed by atoms with E-state index >= 15 is 0 Å². The molecule has 0 fully saturated rings. The zero-order chi connectivity index (χ0) is 16.3. The predicted molar refractivity (Wildman–Crippen MR) is 81.7 cm³/mol. The molecule has 0 spiro atoms. The van der Waals surface area contributed by atoms with Crippen molar-refractivity contribution in [2.75, 3.05) is 4.72 Å². The average molecular weight is 326 g/mol. The topological polar surface area (TPSA) is 109 Å². The van der Waals surface area contributed by atoms with E-state index < -0.39 is 10.0 Å². The molecule has 7 nitrogen and oxygen atoms in total. The van der Waals surface area contributed by atoms with Gasteiger partial charge in [-0.05, 0) is 36.4 Å². The van der Waals surface area contributed by atoms with Gasteiger partial charge in [0.2, 0.25) is 5.88 Å². The van der Waals surface area contributed by atoms with E-state index in [9.17, 15) is 8.42 Å². The molecule has 1 aromatic carbocycles. The van der Waals surface area contributed by atoms with Crippen LogP contribution < -0.4 is 4.72 Å². The Morgan fingerprint density at radius 1 is 1.09 bits per heavy atom. The summed E-state index contributed by atoms with van der Waals surface area (Å²) in [4.78, 5) is 3.92. The lowest BCUT2D eigenvalue weighted by atomic mass is 10.2. The summed E-state index contributed by atoms with van der Waals surface area (Å²) in [6.45, 7) is 0. The molecule has 0 aliphatic carbocycles. The van der Waals surface area contributed by atoms with Gasteiger partial charge in [-0.1, -0.05) is 5.16 Å². The molecule has 0 bridgehead atoms. The van der Waals surface area contributed by atoms with Gasteiger partial charge in [0.1, 0.15) is 5.69 Å². The zero-order valence-electron chi connectivity index (χ0n) is 11.7. The SMILES string of the molecule is N#Cc1ccc(S(=O)(=O)Nc2cc(-c3ccncc3)no2)cc1. The molecule has 0 saturated carbocycles. The lowest BCUT2D eigenvalue weighted by molar-refractivity contribution is 0.438. The van der Waals surface area contributed by atoms with Crippen molar-refractivity contribution in [2.45, 2.75) is 4.90 Å². The number of nitrogens with one attached hydrogen (secondary N) is 1. The first-order valence-corrected chi connectivity index (χ1v) is 7.97. The monoisotopic (exact) mass is 326 g/mol. The fraction of sp³-hybridized carbons (Fsp3) is 0. The summed E-state index contributed by atoms with van der Waals surface area (Å²) in [6, 6.07) is 12.4. The summed E-state index contributed by atoms with van der Waals surface area (Å²) < 4.78 is 31.8. The summed E-state index contributed by atoms with van der Waals surface area (Å²) in [5.41, 5.74) is 1.63. The number of nitrogens with zero attached hydrogens (tertiary/aromatic N) is 3. The first kappa shape index (κ1) is 14.7. The first-order chi connectivity index (χ1) is 11.1. The summed E-state index contributed by atoms with van der Waals surface area (Å²) in [7, 11) is -3.81. The van der Waals surface area contributed by atoms with Crippen LogP contribution in [0.3, 0.4) is 0 Å². The van der Waals surface area contributed by atoms with Crippen LogP contribution in [0.2, 0.25) is 0 Å². The van der Waals surface area contributed by atoms with Gasteiger partial charge in [0.15, 0.2) is 0 Å². The lowest BCUT2D eigenvalue weighted by Crippen LogP contribution is -2.12. The highest BCUT2D eigenvalue weighted by molar-refractivity contribution is 7.92. The van der Waals surface area contributed by atoms with Crippen LogP contribution in [0.4, 0.5) is 5.88 Å². The van der Waals surface area contributed by atoms with Crippen molar-refractivity contribution < 1.29 is 12.9 Å². The van der Waals surface area contributed by atoms with Crippen molar-refractivity contribution in [1.82, 2.24) is 10.1 Å². The number of benzene rings is 1. The average Bonchev–Trinajstić information content (AvgIpc) is 3.03. The Hall–Kier alpha value is -3.18. The molecular weight excluding hydrogens is 316 g/mol. The molecule has 114 valence electrons. The Kier molecular flexibility index (Phi) is 3.78. The second kappa shape index (κ2) is 5.90. The number of anilines is 1. The first-order valence-electron chi connectivity index (χ1n) is 6.48. The second-order valence-electron chi connectivity index (χ2n) is 4.55. The standard InChI is InChI=1S/C15H10N4O3S/c16-10-11-1-3-13(4-2-11)23(20,21)19-15-9-14(18-22-15)12-5-7-17-8-6-12/h1-9,19H. The van der Waals surface area contributed by atoms with Crippen LogP contribution in [-0.4, -0.2) is 18.6 Å². The molecule has 0 amide bonds. The van der Waals surface area contributed by atoms with Gasteiger partial charge in [-0.25, -0.2) is 13.1 Å². The van der Waals surface area contributed by atoms with E-state index in [1.807, 2.05) is 6.07 Å². The second-order valence-corrected chi connectivity index (χ2v) is 6.24. The molecule has 2 aromatic heterocycles. The molecule has 3 aromatic rings. The molecule has 0 saturated heterocycles. The molecule has 23 heavy (non-hydrogen) atoms. The highest BCUT2D eigenvalue weighted by Gasteiger charge is 2.17. The third-order valence-corrected chi connectivity index (χ3v) is 4.38. The van der Waals surface area contributed by atoms with E-state index in [2.05, 4.69) is 14.9 Å². The van der Waals surface area contributed by atoms with E-state index in [1.165, 1.54) is 30.3 Å². The summed E-state index contributed by atoms with van der Waals surface area (Å²) in [5.74, 6) is 0.00109. The summed E-state index contributed by atoms with van der Waals surface area (Å²) in [5, 5.41) is 12.6. The van der Waals surface area contributed by atoms with Crippen LogP contribution in [0, 0.1) is 11.3 Å². The minimum absolute atomic E-state index is 0.00109. The van der Waals surface area contributed by atoms with Crippen LogP contribution >= 0.6 is 0 Å². The van der Waals surface area contributed by atoms with Gasteiger partial charge in [-0.3, -0.25) is 4.98 Å².